The Hall–Kier alpha value is 0.0169. The summed E-state index contributed by atoms with van der Waals surface area (Å²) in [5.41, 5.74) is 0. The number of hydrogen-bond donors (Lipinski definition) is 0. The largest absolute Gasteiger partial charge is 0.707 e. The van der Waals surface area contributed by atoms with Gasteiger partial charge in [-0.3, -0.25) is 0 Å². The molecule has 0 atom stereocenters. The molecule has 0 aliphatic carbocycles. The van der Waals surface area contributed by atoms with E-state index in [0.717, 1.165) is 0 Å². The van der Waals surface area contributed by atoms with E-state index in [0.29, 0.717) is 26.4 Å². The lowest BCUT2D eigenvalue weighted by atomic mass is 10.9. The molecule has 0 aromatic carbocycles. The van der Waals surface area contributed by atoms with Crippen LogP contribution in [0.5, 0.6) is 0 Å². The lowest BCUT2D eigenvalue weighted by molar-refractivity contribution is -0.271. The molecule has 0 radical (unpaired) electrons. The first kappa shape index (κ1) is 14.0. The fourth-order valence-electron chi connectivity index (χ4n) is 0.859. The molecule has 0 unspecified atom stereocenters. The fraction of sp³-hybridized carbons (Fsp3) is 1.00. The molecule has 0 aromatic heterocycles. The molecule has 0 heterocycles. The summed E-state index contributed by atoms with van der Waals surface area (Å²) >= 11 is 0. The number of hydrogen-bond acceptors (Lipinski definition) is 5. The molecule has 86 valence electrons. The van der Waals surface area contributed by atoms with Crippen molar-refractivity contribution in [2.75, 3.05) is 26.4 Å². The van der Waals surface area contributed by atoms with Gasteiger partial charge in [-0.15, -0.1) is 0 Å². The van der Waals surface area contributed by atoms with Crippen LogP contribution < -0.4 is 0 Å². The van der Waals surface area contributed by atoms with Crippen LogP contribution in [0, 0.1) is 0 Å². The smallest absolute Gasteiger partial charge is 0.350 e. The van der Waals surface area contributed by atoms with Crippen LogP contribution in [0.2, 0.25) is 0 Å². The summed E-state index contributed by atoms with van der Waals surface area (Å²) in [7, 11) is -3.04. The van der Waals surface area contributed by atoms with Crippen molar-refractivity contribution in [1.29, 1.82) is 0 Å². The zero-order valence-electron chi connectivity index (χ0n) is 9.37. The van der Waals surface area contributed by atoms with Crippen LogP contribution in [0.4, 0.5) is 0 Å². The molecule has 0 aromatic rings. The molecule has 0 saturated carbocycles. The minimum Gasteiger partial charge on any atom is -0.350 e. The highest BCUT2D eigenvalue weighted by Gasteiger charge is 2.46. The van der Waals surface area contributed by atoms with Crippen molar-refractivity contribution in [3.8, 4) is 0 Å². The predicted octanol–water partition coefficient (Wildman–Crippen LogP) is 1.50. The molecule has 0 aliphatic rings. The zero-order chi connectivity index (χ0) is 10.9. The molecule has 0 fully saturated rings. The minimum absolute atomic E-state index is 0.433. The standard InChI is InChI=1S/C8H20O5Si/c1-5-9-13-14(10-6-2,11-7-3)12-8-4/h5-8H2,1-4H3. The van der Waals surface area contributed by atoms with E-state index in [1.807, 2.05) is 27.7 Å². The highest BCUT2D eigenvalue weighted by Crippen LogP contribution is 2.12. The summed E-state index contributed by atoms with van der Waals surface area (Å²) < 4.78 is 21.2. The van der Waals surface area contributed by atoms with Crippen LogP contribution in [-0.4, -0.2) is 35.5 Å². The van der Waals surface area contributed by atoms with Gasteiger partial charge in [0.2, 0.25) is 0 Å². The topological polar surface area (TPSA) is 46.2 Å². The molecule has 0 N–H and O–H groups in total. The second-order valence-corrected chi connectivity index (χ2v) is 4.32. The molecule has 5 nitrogen and oxygen atoms in total. The Morgan fingerprint density at radius 3 is 1.43 bits per heavy atom. The number of rotatable bonds is 9. The maximum atomic E-state index is 5.36. The van der Waals surface area contributed by atoms with Crippen LogP contribution in [0.3, 0.4) is 0 Å². The first-order valence-electron chi connectivity index (χ1n) is 4.97. The Morgan fingerprint density at radius 2 is 1.14 bits per heavy atom. The summed E-state index contributed by atoms with van der Waals surface area (Å²) in [4.78, 5) is 4.84. The Morgan fingerprint density at radius 1 is 0.714 bits per heavy atom. The monoisotopic (exact) mass is 224 g/mol. The summed E-state index contributed by atoms with van der Waals surface area (Å²) in [5, 5.41) is 0. The van der Waals surface area contributed by atoms with E-state index >= 15 is 0 Å². The Bertz CT molecular complexity index is 116. The third kappa shape index (κ3) is 5.04. The van der Waals surface area contributed by atoms with Gasteiger partial charge in [0.15, 0.2) is 0 Å². The molecular formula is C8H20O5Si. The van der Waals surface area contributed by atoms with E-state index in [1.54, 1.807) is 0 Å². The Kier molecular flexibility index (Phi) is 8.35. The second kappa shape index (κ2) is 8.34. The second-order valence-electron chi connectivity index (χ2n) is 2.29. The molecule has 0 spiro atoms. The molecule has 6 heteroatoms. The summed E-state index contributed by atoms with van der Waals surface area (Å²) in [6, 6.07) is 0. The highest BCUT2D eigenvalue weighted by atomic mass is 28.4. The lowest BCUT2D eigenvalue weighted by Crippen LogP contribution is -2.49. The lowest BCUT2D eigenvalue weighted by Gasteiger charge is -2.24. The highest BCUT2D eigenvalue weighted by molar-refractivity contribution is 6.53. The van der Waals surface area contributed by atoms with E-state index < -0.39 is 9.05 Å². The van der Waals surface area contributed by atoms with Gasteiger partial charge >= 0.3 is 9.05 Å². The van der Waals surface area contributed by atoms with Crippen molar-refractivity contribution in [1.82, 2.24) is 0 Å². The predicted molar refractivity (Wildman–Crippen MR) is 53.3 cm³/mol. The first-order valence-corrected chi connectivity index (χ1v) is 6.60. The molecular weight excluding hydrogens is 204 g/mol. The van der Waals surface area contributed by atoms with Crippen LogP contribution >= 0.6 is 0 Å². The summed E-state index contributed by atoms with van der Waals surface area (Å²) in [5.74, 6) is 0. The van der Waals surface area contributed by atoms with Crippen molar-refractivity contribution in [3.63, 3.8) is 0 Å². The molecule has 0 saturated heterocycles. The average Bonchev–Trinajstić information content (AvgIpc) is 2.16. The van der Waals surface area contributed by atoms with Gasteiger partial charge in [0.25, 0.3) is 0 Å². The van der Waals surface area contributed by atoms with Crippen LogP contribution in [0.1, 0.15) is 27.7 Å². The van der Waals surface area contributed by atoms with E-state index in [-0.39, 0.29) is 0 Å². The summed E-state index contributed by atoms with van der Waals surface area (Å²) in [6.07, 6.45) is 0. The van der Waals surface area contributed by atoms with Gasteiger partial charge in [-0.2, -0.15) is 4.58 Å². The molecule has 0 amide bonds. The van der Waals surface area contributed by atoms with Gasteiger partial charge in [-0.05, 0) is 27.7 Å². The normalized spacial score (nSPS) is 12.0. The average molecular weight is 224 g/mol. The Labute approximate surface area is 86.7 Å². The third-order valence-corrected chi connectivity index (χ3v) is 3.49. The quantitative estimate of drug-likeness (QED) is 0.337. The van der Waals surface area contributed by atoms with Crippen molar-refractivity contribution >= 4 is 9.05 Å². The summed E-state index contributed by atoms with van der Waals surface area (Å²) in [6.45, 7) is 9.24. The third-order valence-electron chi connectivity index (χ3n) is 1.24. The maximum Gasteiger partial charge on any atom is 0.707 e. The van der Waals surface area contributed by atoms with Gasteiger partial charge in [-0.25, -0.2) is 4.89 Å². The Balaban J connectivity index is 4.21. The van der Waals surface area contributed by atoms with Gasteiger partial charge in [-0.1, -0.05) is 0 Å². The fourth-order valence-corrected chi connectivity index (χ4v) is 2.58. The van der Waals surface area contributed by atoms with Crippen LogP contribution in [0.25, 0.3) is 0 Å². The van der Waals surface area contributed by atoms with Crippen molar-refractivity contribution in [3.05, 3.63) is 0 Å². The molecule has 14 heavy (non-hydrogen) atoms. The van der Waals surface area contributed by atoms with Gasteiger partial charge in [0, 0.05) is 19.8 Å². The SMILES string of the molecule is CCOO[Si](OCC)(OCC)OCC. The van der Waals surface area contributed by atoms with E-state index in [1.165, 1.54) is 0 Å². The van der Waals surface area contributed by atoms with Gasteiger partial charge < -0.3 is 13.3 Å². The molecule has 0 rings (SSSR count). The van der Waals surface area contributed by atoms with E-state index in [4.69, 9.17) is 22.7 Å². The van der Waals surface area contributed by atoms with Crippen molar-refractivity contribution < 1.29 is 22.7 Å². The maximum absolute atomic E-state index is 5.36. The van der Waals surface area contributed by atoms with Crippen LogP contribution in [-0.2, 0) is 22.7 Å². The minimum atomic E-state index is -3.04. The van der Waals surface area contributed by atoms with E-state index in [9.17, 15) is 0 Å². The van der Waals surface area contributed by atoms with Crippen molar-refractivity contribution in [2.45, 2.75) is 27.7 Å². The van der Waals surface area contributed by atoms with Gasteiger partial charge in [0.05, 0.1) is 6.61 Å². The van der Waals surface area contributed by atoms with E-state index in [2.05, 4.69) is 0 Å². The first-order chi connectivity index (χ1) is 6.74. The van der Waals surface area contributed by atoms with Crippen molar-refractivity contribution in [2.24, 2.45) is 0 Å². The molecule has 0 bridgehead atoms. The zero-order valence-corrected chi connectivity index (χ0v) is 10.4. The molecule has 0 aliphatic heterocycles. The van der Waals surface area contributed by atoms with Gasteiger partial charge in [0.1, 0.15) is 0 Å². The van der Waals surface area contributed by atoms with Crippen LogP contribution in [0.15, 0.2) is 0 Å².